The van der Waals surface area contributed by atoms with Gasteiger partial charge in [-0.05, 0) is 12.1 Å². The fourth-order valence-corrected chi connectivity index (χ4v) is 1.27. The first-order valence-corrected chi connectivity index (χ1v) is 4.47. The summed E-state index contributed by atoms with van der Waals surface area (Å²) in [5, 5.41) is 18.9. The predicted octanol–water partition coefficient (Wildman–Crippen LogP) is 2.78. The van der Waals surface area contributed by atoms with Crippen molar-refractivity contribution in [2.45, 2.75) is 6.18 Å². The Hall–Kier alpha value is -1.76. The quantitative estimate of drug-likeness (QED) is 0.492. The lowest BCUT2D eigenvalue weighted by Gasteiger charge is -2.11. The summed E-state index contributed by atoms with van der Waals surface area (Å²) in [5.41, 5.74) is -2.49. The van der Waals surface area contributed by atoms with Crippen molar-refractivity contribution in [3.05, 3.63) is 34.9 Å². The van der Waals surface area contributed by atoms with E-state index in [9.17, 15) is 18.0 Å². The number of oxime groups is 1. The largest absolute Gasteiger partial charge is 0.478 e. The summed E-state index contributed by atoms with van der Waals surface area (Å²) in [6, 6.07) is 2.26. The highest BCUT2D eigenvalue weighted by Gasteiger charge is 2.35. The zero-order valence-corrected chi connectivity index (χ0v) is 8.75. The van der Waals surface area contributed by atoms with E-state index >= 15 is 0 Å². The second-order valence-electron chi connectivity index (χ2n) is 2.95. The molecular weight excluding hydrogens is 263 g/mol. The summed E-state index contributed by atoms with van der Waals surface area (Å²) >= 11 is 5.33. The number of alkyl halides is 3. The molecule has 1 rings (SSSR count). The SMILES string of the molecule is O=C(O)c1ccc(C(Cl)=NO)cc1C(F)(F)F. The lowest BCUT2D eigenvalue weighted by molar-refractivity contribution is -0.138. The maximum Gasteiger partial charge on any atom is 0.417 e. The maximum atomic E-state index is 12.5. The molecule has 1 aromatic rings. The van der Waals surface area contributed by atoms with Crippen molar-refractivity contribution in [2.75, 3.05) is 0 Å². The van der Waals surface area contributed by atoms with Gasteiger partial charge in [0.1, 0.15) is 0 Å². The first-order valence-electron chi connectivity index (χ1n) is 4.10. The van der Waals surface area contributed by atoms with Crippen LogP contribution in [0.5, 0.6) is 0 Å². The molecule has 0 aliphatic heterocycles. The van der Waals surface area contributed by atoms with Gasteiger partial charge in [-0.3, -0.25) is 0 Å². The van der Waals surface area contributed by atoms with Crippen molar-refractivity contribution >= 4 is 22.7 Å². The molecule has 0 heterocycles. The Kier molecular flexibility index (Phi) is 3.62. The molecule has 17 heavy (non-hydrogen) atoms. The van der Waals surface area contributed by atoms with Crippen molar-refractivity contribution in [3.63, 3.8) is 0 Å². The van der Waals surface area contributed by atoms with E-state index in [0.717, 1.165) is 12.1 Å². The zero-order valence-electron chi connectivity index (χ0n) is 7.99. The van der Waals surface area contributed by atoms with Crippen LogP contribution in [0.25, 0.3) is 0 Å². The smallest absolute Gasteiger partial charge is 0.417 e. The molecule has 0 fully saturated rings. The van der Waals surface area contributed by atoms with Crippen LogP contribution in [0.3, 0.4) is 0 Å². The van der Waals surface area contributed by atoms with Gasteiger partial charge in [-0.1, -0.05) is 22.8 Å². The first-order chi connectivity index (χ1) is 7.77. The third kappa shape index (κ3) is 2.88. The summed E-state index contributed by atoms with van der Waals surface area (Å²) in [5.74, 6) is -1.71. The van der Waals surface area contributed by atoms with E-state index < -0.39 is 28.4 Å². The first kappa shape index (κ1) is 13.3. The van der Waals surface area contributed by atoms with Crippen molar-refractivity contribution < 1.29 is 28.3 Å². The van der Waals surface area contributed by atoms with E-state index in [1.54, 1.807) is 0 Å². The molecule has 0 saturated carbocycles. The molecule has 92 valence electrons. The van der Waals surface area contributed by atoms with E-state index in [4.69, 9.17) is 21.9 Å². The molecule has 0 aromatic heterocycles. The van der Waals surface area contributed by atoms with Gasteiger partial charge in [0.05, 0.1) is 11.1 Å². The number of carboxylic acid groups (broad SMARTS) is 1. The molecule has 0 amide bonds. The fourth-order valence-electron chi connectivity index (χ4n) is 1.15. The molecule has 2 N–H and O–H groups in total. The van der Waals surface area contributed by atoms with E-state index in [1.807, 2.05) is 0 Å². The Morgan fingerprint density at radius 3 is 2.35 bits per heavy atom. The Morgan fingerprint density at radius 1 is 1.35 bits per heavy atom. The van der Waals surface area contributed by atoms with Crippen LogP contribution in [0.4, 0.5) is 13.2 Å². The minimum Gasteiger partial charge on any atom is -0.478 e. The number of hydrogen-bond donors (Lipinski definition) is 2. The predicted molar refractivity (Wildman–Crippen MR) is 52.6 cm³/mol. The minimum atomic E-state index is -4.84. The highest BCUT2D eigenvalue weighted by molar-refractivity contribution is 6.69. The zero-order chi connectivity index (χ0) is 13.2. The monoisotopic (exact) mass is 267 g/mol. The van der Waals surface area contributed by atoms with Gasteiger partial charge in [-0.2, -0.15) is 13.2 Å². The van der Waals surface area contributed by atoms with Gasteiger partial charge in [0, 0.05) is 5.56 Å². The number of rotatable bonds is 2. The van der Waals surface area contributed by atoms with Crippen LogP contribution in [-0.2, 0) is 6.18 Å². The molecule has 4 nitrogen and oxygen atoms in total. The van der Waals surface area contributed by atoms with Crippen molar-refractivity contribution in [1.29, 1.82) is 0 Å². The van der Waals surface area contributed by atoms with Crippen molar-refractivity contribution in [1.82, 2.24) is 0 Å². The molecular formula is C9H5ClF3NO3. The van der Waals surface area contributed by atoms with Crippen LogP contribution in [0.15, 0.2) is 23.4 Å². The average Bonchev–Trinajstić information content (AvgIpc) is 2.25. The second-order valence-corrected chi connectivity index (χ2v) is 3.31. The van der Waals surface area contributed by atoms with Crippen LogP contribution in [-0.4, -0.2) is 21.5 Å². The molecule has 8 heteroatoms. The number of halogens is 4. The van der Waals surface area contributed by atoms with Crippen LogP contribution in [0.1, 0.15) is 21.5 Å². The molecule has 0 unspecified atom stereocenters. The Bertz CT molecular complexity index is 485. The normalized spacial score (nSPS) is 12.6. The van der Waals surface area contributed by atoms with E-state index in [2.05, 4.69) is 5.16 Å². The Balaban J connectivity index is 3.45. The number of carbonyl (C=O) groups is 1. The topological polar surface area (TPSA) is 69.9 Å². The number of benzene rings is 1. The van der Waals surface area contributed by atoms with Crippen LogP contribution < -0.4 is 0 Å². The van der Waals surface area contributed by atoms with Crippen LogP contribution in [0.2, 0.25) is 0 Å². The van der Waals surface area contributed by atoms with Crippen LogP contribution in [0, 0.1) is 0 Å². The molecule has 0 aliphatic carbocycles. The number of carboxylic acids is 1. The molecule has 0 aliphatic rings. The summed E-state index contributed by atoms with van der Waals surface area (Å²) in [6.07, 6.45) is -4.84. The summed E-state index contributed by atoms with van der Waals surface area (Å²) < 4.78 is 37.6. The molecule has 0 radical (unpaired) electrons. The van der Waals surface area contributed by atoms with Gasteiger partial charge in [0.2, 0.25) is 0 Å². The van der Waals surface area contributed by atoms with Gasteiger partial charge in [0.15, 0.2) is 5.17 Å². The van der Waals surface area contributed by atoms with E-state index in [0.29, 0.717) is 6.07 Å². The van der Waals surface area contributed by atoms with Gasteiger partial charge in [-0.25, -0.2) is 4.79 Å². The summed E-state index contributed by atoms with van der Waals surface area (Å²) in [7, 11) is 0. The molecule has 0 bridgehead atoms. The van der Waals surface area contributed by atoms with Crippen molar-refractivity contribution in [3.8, 4) is 0 Å². The molecule has 1 aromatic carbocycles. The average molecular weight is 268 g/mol. The number of aromatic carboxylic acids is 1. The summed E-state index contributed by atoms with van der Waals surface area (Å²) in [4.78, 5) is 10.6. The molecule has 0 saturated heterocycles. The van der Waals surface area contributed by atoms with Gasteiger partial charge >= 0.3 is 12.1 Å². The maximum absolute atomic E-state index is 12.5. The van der Waals surface area contributed by atoms with Crippen LogP contribution >= 0.6 is 11.6 Å². The Morgan fingerprint density at radius 2 is 1.94 bits per heavy atom. The van der Waals surface area contributed by atoms with Crippen molar-refractivity contribution in [2.24, 2.45) is 5.16 Å². The minimum absolute atomic E-state index is 0.230. The number of nitrogens with zero attached hydrogens (tertiary/aromatic N) is 1. The van der Waals surface area contributed by atoms with Gasteiger partial charge in [0.25, 0.3) is 0 Å². The lowest BCUT2D eigenvalue weighted by atomic mass is 10.0. The standard InChI is InChI=1S/C9H5ClF3NO3/c10-7(14-17)4-1-2-5(8(15)16)6(3-4)9(11,12)13/h1-3,17H,(H,15,16). The second kappa shape index (κ2) is 4.62. The number of hydrogen-bond acceptors (Lipinski definition) is 3. The lowest BCUT2D eigenvalue weighted by Crippen LogP contribution is -2.14. The summed E-state index contributed by atoms with van der Waals surface area (Å²) in [6.45, 7) is 0. The fraction of sp³-hybridized carbons (Fsp3) is 0.111. The highest BCUT2D eigenvalue weighted by atomic mass is 35.5. The molecule has 0 atom stereocenters. The van der Waals surface area contributed by atoms with E-state index in [-0.39, 0.29) is 5.56 Å². The molecule has 0 spiro atoms. The van der Waals surface area contributed by atoms with Gasteiger partial charge in [-0.15, -0.1) is 0 Å². The third-order valence-corrected chi connectivity index (χ3v) is 2.18. The van der Waals surface area contributed by atoms with E-state index in [1.165, 1.54) is 0 Å². The highest BCUT2D eigenvalue weighted by Crippen LogP contribution is 2.33. The van der Waals surface area contributed by atoms with Gasteiger partial charge < -0.3 is 10.3 Å². The Labute approximate surface area is 97.9 Å². The third-order valence-electron chi connectivity index (χ3n) is 1.88.